The van der Waals surface area contributed by atoms with Crippen molar-refractivity contribution in [1.82, 2.24) is 5.48 Å². The molecule has 1 aromatic rings. The third-order valence-electron chi connectivity index (χ3n) is 1.97. The topological polar surface area (TPSA) is 50.7 Å². The van der Waals surface area contributed by atoms with E-state index in [2.05, 4.69) is 15.3 Å². The van der Waals surface area contributed by atoms with Gasteiger partial charge >= 0.3 is 6.47 Å². The molecular weight excluding hydrogens is 259 g/mol. The number of carbonyl (C=O) groups excluding carboxylic acids is 1. The molecule has 0 aliphatic heterocycles. The summed E-state index contributed by atoms with van der Waals surface area (Å²) in [7, 11) is 1.44. The predicted molar refractivity (Wildman–Crippen MR) is 70.2 cm³/mol. The zero-order valence-corrected chi connectivity index (χ0v) is 11.5. The molecule has 1 rings (SSSR count). The van der Waals surface area contributed by atoms with Crippen molar-refractivity contribution in [3.63, 3.8) is 0 Å². The molecule has 6 heteroatoms. The van der Waals surface area contributed by atoms with Crippen LogP contribution in [0, 0.1) is 12.7 Å². The molecule has 0 amide bonds. The van der Waals surface area contributed by atoms with Crippen LogP contribution in [0.5, 0.6) is 0 Å². The maximum Gasteiger partial charge on any atom is 0.320 e. The lowest BCUT2D eigenvalue weighted by Gasteiger charge is -2.11. The van der Waals surface area contributed by atoms with Gasteiger partial charge in [-0.15, -0.1) is 0 Å². The molecule has 0 spiro atoms. The van der Waals surface area contributed by atoms with Crippen molar-refractivity contribution in [3.05, 3.63) is 34.1 Å². The number of aliphatic imine (C=N–C) groups is 1. The molecule has 1 N–H and O–H groups in total. The van der Waals surface area contributed by atoms with Crippen molar-refractivity contribution in [2.24, 2.45) is 4.99 Å². The van der Waals surface area contributed by atoms with E-state index in [1.54, 1.807) is 13.0 Å². The minimum absolute atomic E-state index is 0.0188. The Morgan fingerprint density at radius 1 is 1.50 bits per heavy atom. The molecule has 0 saturated carbocycles. The van der Waals surface area contributed by atoms with E-state index in [9.17, 15) is 9.18 Å². The molecule has 4 nitrogen and oxygen atoms in total. The van der Waals surface area contributed by atoms with Gasteiger partial charge in [0.1, 0.15) is 0 Å². The second kappa shape index (κ2) is 8.47. The summed E-state index contributed by atoms with van der Waals surface area (Å²) in [5, 5.41) is -0.0188. The predicted octanol–water partition coefficient (Wildman–Crippen LogP) is 2.87. The lowest BCUT2D eigenvalue weighted by Crippen LogP contribution is -2.26. The Hall–Kier alpha value is -1.62. The molecule has 0 aromatic heterocycles. The average molecular weight is 275 g/mol. The Bertz CT molecular complexity index is 436. The lowest BCUT2D eigenvalue weighted by atomic mass is 10.1. The van der Waals surface area contributed by atoms with E-state index in [-0.39, 0.29) is 22.9 Å². The lowest BCUT2D eigenvalue weighted by molar-refractivity contribution is -0.132. The van der Waals surface area contributed by atoms with E-state index in [0.29, 0.717) is 5.56 Å². The van der Waals surface area contributed by atoms with Crippen molar-refractivity contribution in [1.29, 1.82) is 0 Å². The molecule has 0 radical (unpaired) electrons. The zero-order chi connectivity index (χ0) is 14.1. The first-order valence-corrected chi connectivity index (χ1v) is 5.76. The SMILES string of the molecule is CC.CN=C(NOC=O)c1c(C)ccc(Cl)c1F. The summed E-state index contributed by atoms with van der Waals surface area (Å²) in [5.41, 5.74) is 3.03. The van der Waals surface area contributed by atoms with Gasteiger partial charge in [0.05, 0.1) is 10.6 Å². The molecule has 0 aliphatic rings. The van der Waals surface area contributed by atoms with Crippen LogP contribution in [0.1, 0.15) is 25.0 Å². The van der Waals surface area contributed by atoms with Gasteiger partial charge in [-0.3, -0.25) is 9.79 Å². The average Bonchev–Trinajstić information content (AvgIpc) is 2.40. The third kappa shape index (κ3) is 4.00. The number of carbonyl (C=O) groups is 1. The molecule has 0 bridgehead atoms. The number of hydroxylamine groups is 1. The second-order valence-corrected chi connectivity index (χ2v) is 3.35. The Morgan fingerprint density at radius 3 is 2.61 bits per heavy atom. The smallest absolute Gasteiger partial charge is 0.320 e. The molecule has 0 fully saturated rings. The molecule has 0 atom stereocenters. The molecule has 0 aliphatic carbocycles. The minimum Gasteiger partial charge on any atom is -0.345 e. The molecule has 0 saturated heterocycles. The van der Waals surface area contributed by atoms with Gasteiger partial charge < -0.3 is 4.84 Å². The van der Waals surface area contributed by atoms with Crippen LogP contribution in [-0.4, -0.2) is 19.4 Å². The Labute approximate surface area is 111 Å². The van der Waals surface area contributed by atoms with Crippen LogP contribution in [-0.2, 0) is 9.63 Å². The second-order valence-electron chi connectivity index (χ2n) is 2.94. The summed E-state index contributed by atoms with van der Waals surface area (Å²) in [6.45, 7) is 5.88. The molecular formula is C12H16ClFN2O2. The van der Waals surface area contributed by atoms with E-state index in [1.165, 1.54) is 13.1 Å². The largest absolute Gasteiger partial charge is 0.345 e. The quantitative estimate of drug-likeness (QED) is 0.399. The molecule has 1 aromatic carbocycles. The maximum atomic E-state index is 13.7. The van der Waals surface area contributed by atoms with E-state index >= 15 is 0 Å². The first-order chi connectivity index (χ1) is 8.61. The number of hydrogen-bond acceptors (Lipinski definition) is 3. The fourth-order valence-corrected chi connectivity index (χ4v) is 1.38. The van der Waals surface area contributed by atoms with Crippen molar-refractivity contribution in [2.75, 3.05) is 7.05 Å². The van der Waals surface area contributed by atoms with Crippen molar-refractivity contribution < 1.29 is 14.0 Å². The summed E-state index contributed by atoms with van der Waals surface area (Å²) >= 11 is 5.65. The summed E-state index contributed by atoms with van der Waals surface area (Å²) in [6.07, 6.45) is 0. The number of nitrogens with one attached hydrogen (secondary N) is 1. The van der Waals surface area contributed by atoms with Crippen molar-refractivity contribution in [3.8, 4) is 0 Å². The van der Waals surface area contributed by atoms with Gasteiger partial charge in [-0.05, 0) is 18.6 Å². The first kappa shape index (κ1) is 16.4. The number of rotatable bonds is 3. The Kier molecular flexibility index (Phi) is 7.71. The summed E-state index contributed by atoms with van der Waals surface area (Å²) in [4.78, 5) is 18.1. The highest BCUT2D eigenvalue weighted by Gasteiger charge is 2.15. The highest BCUT2D eigenvalue weighted by atomic mass is 35.5. The third-order valence-corrected chi connectivity index (χ3v) is 2.26. The molecule has 0 unspecified atom stereocenters. The highest BCUT2D eigenvalue weighted by molar-refractivity contribution is 6.31. The normalized spacial score (nSPS) is 10.2. The van der Waals surface area contributed by atoms with E-state index in [1.807, 2.05) is 13.8 Å². The Balaban J connectivity index is 0.00000137. The summed E-state index contributed by atoms with van der Waals surface area (Å²) < 4.78 is 13.7. The molecule has 18 heavy (non-hydrogen) atoms. The van der Waals surface area contributed by atoms with Gasteiger partial charge in [-0.2, -0.15) is 0 Å². The number of benzene rings is 1. The number of amidine groups is 1. The number of nitrogens with zero attached hydrogens (tertiary/aromatic N) is 1. The van der Waals surface area contributed by atoms with Crippen LogP contribution in [0.15, 0.2) is 17.1 Å². The zero-order valence-electron chi connectivity index (χ0n) is 10.8. The monoisotopic (exact) mass is 274 g/mol. The van der Waals surface area contributed by atoms with E-state index < -0.39 is 5.82 Å². The molecule has 0 heterocycles. The van der Waals surface area contributed by atoms with Gasteiger partial charge in [0.2, 0.25) is 0 Å². The van der Waals surface area contributed by atoms with Crippen LogP contribution in [0.3, 0.4) is 0 Å². The number of aryl methyl sites for hydroxylation is 1. The van der Waals surface area contributed by atoms with Gasteiger partial charge in [0, 0.05) is 7.05 Å². The number of hydrogen-bond donors (Lipinski definition) is 1. The fraction of sp³-hybridized carbons (Fsp3) is 0.333. The van der Waals surface area contributed by atoms with Crippen LogP contribution in [0.25, 0.3) is 0 Å². The van der Waals surface area contributed by atoms with Gasteiger partial charge in [-0.25, -0.2) is 9.87 Å². The molecule has 100 valence electrons. The van der Waals surface area contributed by atoms with Gasteiger partial charge in [0.25, 0.3) is 0 Å². The maximum absolute atomic E-state index is 13.7. The van der Waals surface area contributed by atoms with Crippen LogP contribution in [0.4, 0.5) is 4.39 Å². The van der Waals surface area contributed by atoms with Crippen molar-refractivity contribution in [2.45, 2.75) is 20.8 Å². The van der Waals surface area contributed by atoms with Crippen LogP contribution < -0.4 is 5.48 Å². The summed E-state index contributed by atoms with van der Waals surface area (Å²) in [5.74, 6) is -0.506. The van der Waals surface area contributed by atoms with Gasteiger partial charge in [0.15, 0.2) is 11.7 Å². The van der Waals surface area contributed by atoms with E-state index in [4.69, 9.17) is 11.6 Å². The Morgan fingerprint density at radius 2 is 2.11 bits per heavy atom. The fourth-order valence-electron chi connectivity index (χ4n) is 1.23. The summed E-state index contributed by atoms with van der Waals surface area (Å²) in [6, 6.07) is 3.10. The van der Waals surface area contributed by atoms with E-state index in [0.717, 1.165) is 0 Å². The number of halogens is 2. The van der Waals surface area contributed by atoms with Crippen molar-refractivity contribution >= 4 is 23.9 Å². The minimum atomic E-state index is -0.607. The van der Waals surface area contributed by atoms with Gasteiger partial charge in [-0.1, -0.05) is 31.5 Å². The van der Waals surface area contributed by atoms with Crippen LogP contribution >= 0.6 is 11.6 Å². The highest BCUT2D eigenvalue weighted by Crippen LogP contribution is 2.21. The van der Waals surface area contributed by atoms with Crippen LogP contribution in [0.2, 0.25) is 5.02 Å². The standard InChI is InChI=1S/C10H10ClFN2O2.C2H6/c1-6-3-4-7(11)9(12)8(6)10(13-2)14-16-5-15;1-2/h3-5H,1-2H3,(H,13,14);1-2H3. The first-order valence-electron chi connectivity index (χ1n) is 5.38.